The van der Waals surface area contributed by atoms with Crippen LogP contribution in [0.4, 0.5) is 24.5 Å². The van der Waals surface area contributed by atoms with E-state index in [0.29, 0.717) is 23.4 Å². The van der Waals surface area contributed by atoms with Crippen LogP contribution in [0.15, 0.2) is 42.5 Å². The van der Waals surface area contributed by atoms with Crippen molar-refractivity contribution in [3.63, 3.8) is 0 Å². The van der Waals surface area contributed by atoms with Gasteiger partial charge in [0.1, 0.15) is 11.9 Å². The summed E-state index contributed by atoms with van der Waals surface area (Å²) in [5.74, 6) is -0.949. The Bertz CT molecular complexity index is 1010. The lowest BCUT2D eigenvalue weighted by atomic mass is 10.0. The summed E-state index contributed by atoms with van der Waals surface area (Å²) in [4.78, 5) is 29.6. The Labute approximate surface area is 177 Å². The summed E-state index contributed by atoms with van der Waals surface area (Å²) in [6.45, 7) is 0.714. The number of hydrogen-bond acceptors (Lipinski definition) is 4. The zero-order valence-electron chi connectivity index (χ0n) is 16.9. The molecule has 2 aromatic carbocycles. The standard InChI is InChI=1S/C22H22F3N3O3/c1-27-18-12-14(9-10-17(18)21(30)28-11-4-2-3-8-19(27)28)20(29)26-15-6-5-7-16(13-15)31-22(23,24)25/h5-7,9-10,12-13,19H,2-4,8,11H2,1H3,(H,26,29). The fourth-order valence-electron chi connectivity index (χ4n) is 4.17. The van der Waals surface area contributed by atoms with Crippen molar-refractivity contribution in [1.82, 2.24) is 4.90 Å². The van der Waals surface area contributed by atoms with Crippen LogP contribution in [-0.4, -0.2) is 42.8 Å². The number of rotatable bonds is 3. The minimum atomic E-state index is -4.82. The summed E-state index contributed by atoms with van der Waals surface area (Å²) in [5, 5.41) is 2.58. The molecule has 0 radical (unpaired) electrons. The Balaban J connectivity index is 1.56. The molecule has 164 valence electrons. The Morgan fingerprint density at radius 2 is 1.94 bits per heavy atom. The van der Waals surface area contributed by atoms with Gasteiger partial charge in [-0.25, -0.2) is 0 Å². The molecule has 0 aromatic heterocycles. The van der Waals surface area contributed by atoms with Crippen molar-refractivity contribution in [2.75, 3.05) is 23.8 Å². The number of alkyl halides is 3. The molecule has 0 spiro atoms. The molecule has 1 unspecified atom stereocenters. The predicted octanol–water partition coefficient (Wildman–Crippen LogP) is 4.63. The first-order chi connectivity index (χ1) is 14.7. The minimum Gasteiger partial charge on any atom is -0.406 e. The molecule has 1 saturated heterocycles. The molecule has 1 fully saturated rings. The molecule has 2 aliphatic heterocycles. The lowest BCUT2D eigenvalue weighted by Gasteiger charge is -2.43. The van der Waals surface area contributed by atoms with Crippen LogP contribution in [-0.2, 0) is 0 Å². The monoisotopic (exact) mass is 433 g/mol. The third-order valence-electron chi connectivity index (χ3n) is 5.62. The number of benzene rings is 2. The Morgan fingerprint density at radius 1 is 1.13 bits per heavy atom. The van der Waals surface area contributed by atoms with E-state index in [1.807, 2.05) is 16.8 Å². The zero-order chi connectivity index (χ0) is 22.2. The molecule has 1 atom stereocenters. The summed E-state index contributed by atoms with van der Waals surface area (Å²) in [6, 6.07) is 9.92. The van der Waals surface area contributed by atoms with Gasteiger partial charge in [0.2, 0.25) is 0 Å². The number of nitrogens with one attached hydrogen (secondary N) is 1. The van der Waals surface area contributed by atoms with Gasteiger partial charge in [-0.05, 0) is 49.6 Å². The number of carbonyl (C=O) groups is 2. The van der Waals surface area contributed by atoms with Gasteiger partial charge in [0.05, 0.1) is 11.3 Å². The Kier molecular flexibility index (Phi) is 5.51. The van der Waals surface area contributed by atoms with Crippen molar-refractivity contribution in [1.29, 1.82) is 0 Å². The molecule has 2 amide bonds. The van der Waals surface area contributed by atoms with E-state index in [0.717, 1.165) is 37.8 Å². The summed E-state index contributed by atoms with van der Waals surface area (Å²) in [7, 11) is 1.91. The summed E-state index contributed by atoms with van der Waals surface area (Å²) < 4.78 is 41.2. The van der Waals surface area contributed by atoms with E-state index in [1.165, 1.54) is 12.1 Å². The summed E-state index contributed by atoms with van der Waals surface area (Å²) >= 11 is 0. The molecule has 2 aliphatic rings. The van der Waals surface area contributed by atoms with Crippen molar-refractivity contribution in [3.8, 4) is 5.75 Å². The first-order valence-electron chi connectivity index (χ1n) is 10.1. The van der Waals surface area contributed by atoms with Gasteiger partial charge in [-0.3, -0.25) is 9.59 Å². The van der Waals surface area contributed by atoms with E-state index >= 15 is 0 Å². The van der Waals surface area contributed by atoms with E-state index in [-0.39, 0.29) is 17.8 Å². The maximum Gasteiger partial charge on any atom is 0.573 e. The van der Waals surface area contributed by atoms with Gasteiger partial charge in [-0.2, -0.15) is 0 Å². The SMILES string of the molecule is CN1c2cc(C(=O)Nc3cccc(OC(F)(F)F)c3)ccc2C(=O)N2CCCCCC21. The second-order valence-electron chi connectivity index (χ2n) is 7.70. The molecule has 6 nitrogen and oxygen atoms in total. The first-order valence-corrected chi connectivity index (χ1v) is 10.1. The summed E-state index contributed by atoms with van der Waals surface area (Å²) in [6.07, 6.45) is -0.908. The number of fused-ring (bicyclic) bond motifs is 2. The zero-order valence-corrected chi connectivity index (χ0v) is 16.9. The predicted molar refractivity (Wildman–Crippen MR) is 109 cm³/mol. The van der Waals surface area contributed by atoms with E-state index in [2.05, 4.69) is 10.1 Å². The van der Waals surface area contributed by atoms with Crippen LogP contribution >= 0.6 is 0 Å². The van der Waals surface area contributed by atoms with Crippen molar-refractivity contribution in [3.05, 3.63) is 53.6 Å². The van der Waals surface area contributed by atoms with Crippen LogP contribution in [0.1, 0.15) is 46.4 Å². The van der Waals surface area contributed by atoms with Crippen LogP contribution in [0, 0.1) is 0 Å². The first kappa shape index (κ1) is 21.0. The van der Waals surface area contributed by atoms with Gasteiger partial charge in [0.15, 0.2) is 0 Å². The second kappa shape index (κ2) is 8.13. The van der Waals surface area contributed by atoms with Crippen molar-refractivity contribution < 1.29 is 27.5 Å². The average molecular weight is 433 g/mol. The summed E-state index contributed by atoms with van der Waals surface area (Å²) in [5.41, 5.74) is 1.69. The van der Waals surface area contributed by atoms with Crippen LogP contribution in [0.5, 0.6) is 5.75 Å². The van der Waals surface area contributed by atoms with E-state index in [4.69, 9.17) is 0 Å². The van der Waals surface area contributed by atoms with Gasteiger partial charge in [0.25, 0.3) is 11.8 Å². The quantitative estimate of drug-likeness (QED) is 0.767. The molecule has 0 bridgehead atoms. The van der Waals surface area contributed by atoms with Gasteiger partial charge in [-0.15, -0.1) is 13.2 Å². The van der Waals surface area contributed by atoms with E-state index < -0.39 is 18.0 Å². The molecular formula is C22H22F3N3O3. The normalized spacial score (nSPS) is 18.7. The second-order valence-corrected chi connectivity index (χ2v) is 7.70. The number of amides is 2. The number of anilines is 2. The molecule has 4 rings (SSSR count). The van der Waals surface area contributed by atoms with Crippen LogP contribution in [0.3, 0.4) is 0 Å². The molecule has 2 heterocycles. The highest BCUT2D eigenvalue weighted by atomic mass is 19.4. The molecule has 1 N–H and O–H groups in total. The highest BCUT2D eigenvalue weighted by Crippen LogP contribution is 2.34. The number of ether oxygens (including phenoxy) is 1. The molecule has 2 aromatic rings. The highest BCUT2D eigenvalue weighted by molar-refractivity contribution is 6.08. The van der Waals surface area contributed by atoms with Crippen molar-refractivity contribution >= 4 is 23.2 Å². The topological polar surface area (TPSA) is 61.9 Å². The third-order valence-corrected chi connectivity index (χ3v) is 5.62. The van der Waals surface area contributed by atoms with Gasteiger partial charge < -0.3 is 19.9 Å². The average Bonchev–Trinajstić information content (AvgIpc) is 2.97. The third kappa shape index (κ3) is 4.45. The maximum atomic E-state index is 13.0. The molecule has 0 aliphatic carbocycles. The fraction of sp³-hybridized carbons (Fsp3) is 0.364. The van der Waals surface area contributed by atoms with Crippen LogP contribution in [0.2, 0.25) is 0 Å². The lowest BCUT2D eigenvalue weighted by Crippen LogP contribution is -2.53. The number of hydrogen-bond donors (Lipinski definition) is 1. The highest BCUT2D eigenvalue weighted by Gasteiger charge is 2.36. The Morgan fingerprint density at radius 3 is 2.71 bits per heavy atom. The number of carbonyl (C=O) groups excluding carboxylic acids is 2. The largest absolute Gasteiger partial charge is 0.573 e. The molecule has 9 heteroatoms. The maximum absolute atomic E-state index is 13.0. The molecular weight excluding hydrogens is 411 g/mol. The van der Waals surface area contributed by atoms with Gasteiger partial charge >= 0.3 is 6.36 Å². The van der Waals surface area contributed by atoms with Crippen LogP contribution < -0.4 is 15.0 Å². The van der Waals surface area contributed by atoms with Crippen LogP contribution in [0.25, 0.3) is 0 Å². The Hall–Kier alpha value is -3.23. The molecule has 0 saturated carbocycles. The van der Waals surface area contributed by atoms with Gasteiger partial charge in [-0.1, -0.05) is 12.5 Å². The number of nitrogens with zero attached hydrogens (tertiary/aromatic N) is 2. The molecule has 31 heavy (non-hydrogen) atoms. The van der Waals surface area contributed by atoms with Gasteiger partial charge in [0, 0.05) is 30.9 Å². The minimum absolute atomic E-state index is 0.0380. The smallest absolute Gasteiger partial charge is 0.406 e. The van der Waals surface area contributed by atoms with Crippen molar-refractivity contribution in [2.45, 2.75) is 38.2 Å². The number of halogens is 3. The van der Waals surface area contributed by atoms with Crippen molar-refractivity contribution in [2.24, 2.45) is 0 Å². The lowest BCUT2D eigenvalue weighted by molar-refractivity contribution is -0.274. The van der Waals surface area contributed by atoms with E-state index in [9.17, 15) is 22.8 Å². The van der Waals surface area contributed by atoms with E-state index in [1.54, 1.807) is 18.2 Å². The fourth-order valence-corrected chi connectivity index (χ4v) is 4.17.